The van der Waals surface area contributed by atoms with Crippen LogP contribution in [0, 0.1) is 18.2 Å². The molecule has 348 valence electrons. The average molecular weight is 938 g/mol. The summed E-state index contributed by atoms with van der Waals surface area (Å²) in [7, 11) is 0. The Morgan fingerprint density at radius 1 is 0.848 bits per heavy atom. The van der Waals surface area contributed by atoms with Crippen LogP contribution in [0.25, 0.3) is 31.0 Å². The van der Waals surface area contributed by atoms with Crippen LogP contribution in [0.15, 0.2) is 102 Å². The topological polar surface area (TPSA) is 156 Å². The number of thiophene rings is 2. The summed E-state index contributed by atoms with van der Waals surface area (Å²) >= 11 is 3.13. The van der Waals surface area contributed by atoms with Gasteiger partial charge in [-0.15, -0.1) is 22.7 Å². The van der Waals surface area contributed by atoms with Gasteiger partial charge in [0.05, 0.1) is 36.8 Å². The van der Waals surface area contributed by atoms with E-state index in [1.165, 1.54) is 38.8 Å². The molecule has 4 aromatic carbocycles. The summed E-state index contributed by atoms with van der Waals surface area (Å²) in [5, 5.41) is 29.4. The Hall–Kier alpha value is -5.84. The highest BCUT2D eigenvalue weighted by Gasteiger charge is 2.44. The van der Waals surface area contributed by atoms with Crippen LogP contribution in [0.2, 0.25) is 0 Å². The number of amides is 3. The molecule has 0 radical (unpaired) electrons. The van der Waals surface area contributed by atoms with E-state index >= 15 is 0 Å². The first-order chi connectivity index (χ1) is 31.6. The van der Waals surface area contributed by atoms with Crippen molar-refractivity contribution < 1.29 is 47.9 Å². The number of nitrogens with zero attached hydrogens (tertiary/aromatic N) is 1. The van der Waals surface area contributed by atoms with Gasteiger partial charge in [0, 0.05) is 41.0 Å². The molecular weight excluding hydrogens is 882 g/mol. The Morgan fingerprint density at radius 2 is 1.53 bits per heavy atom. The van der Waals surface area contributed by atoms with Crippen molar-refractivity contribution in [3.8, 4) is 43.9 Å². The van der Waals surface area contributed by atoms with Gasteiger partial charge in [-0.25, -0.2) is 4.39 Å². The Kier molecular flexibility index (Phi) is 15.8. The average Bonchev–Trinajstić information content (AvgIpc) is 4.01. The van der Waals surface area contributed by atoms with E-state index in [9.17, 15) is 29.0 Å². The minimum absolute atomic E-state index is 0.0217. The van der Waals surface area contributed by atoms with Gasteiger partial charge in [-0.2, -0.15) is 0 Å². The van der Waals surface area contributed by atoms with Crippen LogP contribution in [0.3, 0.4) is 0 Å². The van der Waals surface area contributed by atoms with Crippen molar-refractivity contribution in [3.05, 3.63) is 119 Å². The number of fused-ring (bicyclic) bond motifs is 1. The number of hydrogen-bond donors (Lipinski definition) is 4. The smallest absolute Gasteiger partial charge is 0.246 e. The number of carbonyl (C=O) groups excluding carboxylic acids is 3. The fourth-order valence-corrected chi connectivity index (χ4v) is 9.82. The van der Waals surface area contributed by atoms with Crippen LogP contribution in [-0.4, -0.2) is 90.6 Å². The second kappa shape index (κ2) is 21.6. The number of phenols is 1. The number of likely N-dealkylation sites (tertiary alicyclic amines) is 1. The number of halogens is 1. The molecule has 0 spiro atoms. The summed E-state index contributed by atoms with van der Waals surface area (Å²) in [6, 6.07) is 26.4. The molecule has 4 N–H and O–H groups in total. The molecule has 3 amide bonds. The number of aryl methyl sites for hydroxylation is 1. The third kappa shape index (κ3) is 12.1. The van der Waals surface area contributed by atoms with Gasteiger partial charge in [0.15, 0.2) is 5.75 Å². The van der Waals surface area contributed by atoms with E-state index in [0.717, 1.165) is 31.7 Å². The molecule has 1 fully saturated rings. The lowest BCUT2D eigenvalue weighted by molar-refractivity contribution is -0.144. The largest absolute Gasteiger partial charge is 0.508 e. The summed E-state index contributed by atoms with van der Waals surface area (Å²) in [5.74, 6) is 0.372. The predicted octanol–water partition coefficient (Wildman–Crippen LogP) is 9.41. The summed E-state index contributed by atoms with van der Waals surface area (Å²) in [4.78, 5) is 44.1. The Bertz CT molecular complexity index is 2590. The summed E-state index contributed by atoms with van der Waals surface area (Å²) in [6.45, 7) is 10.3. The van der Waals surface area contributed by atoms with Gasteiger partial charge in [-0.3, -0.25) is 14.4 Å². The second-order valence-electron chi connectivity index (χ2n) is 17.4. The van der Waals surface area contributed by atoms with Gasteiger partial charge in [0.2, 0.25) is 17.7 Å². The standard InChI is InChI=1S/C51H56FN3O9S2/c1-31-21-26-65-46(31)34-9-7-33(8-10-34)32(2)53-49(59)42-27-38(57)29-55(42)50(60)48(51(3,4)5)54-44(58)30-62-25-24-61-22-6-23-63-39-16-18-40(19-17-39)64-45-41-20-15-37(56)28-43(41)66-47(45)35-11-13-36(52)14-12-35/h7-21,26,28,32,38,42,48,56-57H,6,22-25,27,29-30H2,1-5H3,(H,53,59)(H,54,58)/t32-,38+,42-,48+/m0/s1. The number of benzene rings is 4. The minimum atomic E-state index is -0.974. The predicted molar refractivity (Wildman–Crippen MR) is 256 cm³/mol. The fourth-order valence-electron chi connectivity index (χ4n) is 7.72. The van der Waals surface area contributed by atoms with Gasteiger partial charge in [0.25, 0.3) is 0 Å². The SMILES string of the molecule is Cc1ccsc1-c1ccc([C@H](C)NC(=O)[C@@H]2C[C@@H](O)CN2C(=O)[C@@H](NC(=O)COCCOCCCOc2ccc(Oc3c(-c4ccc(F)cc4)sc4cc(O)ccc34)cc2)C(C)(C)C)cc1. The van der Waals surface area contributed by atoms with Crippen molar-refractivity contribution in [1.29, 1.82) is 0 Å². The molecule has 1 aliphatic rings. The third-order valence-corrected chi connectivity index (χ3v) is 13.5. The first kappa shape index (κ1) is 48.1. The quantitative estimate of drug-likeness (QED) is 0.0582. The van der Waals surface area contributed by atoms with E-state index in [1.54, 1.807) is 53.8 Å². The van der Waals surface area contributed by atoms with Crippen LogP contribution in [0.1, 0.15) is 57.7 Å². The molecule has 1 saturated heterocycles. The van der Waals surface area contributed by atoms with E-state index in [0.29, 0.717) is 36.9 Å². The molecule has 0 bridgehead atoms. The first-order valence-electron chi connectivity index (χ1n) is 21.9. The molecule has 66 heavy (non-hydrogen) atoms. The summed E-state index contributed by atoms with van der Waals surface area (Å²) in [6.07, 6.45) is -0.183. The van der Waals surface area contributed by atoms with Gasteiger partial charge < -0.3 is 44.7 Å². The molecule has 0 saturated carbocycles. The zero-order valence-electron chi connectivity index (χ0n) is 37.7. The zero-order valence-corrected chi connectivity index (χ0v) is 39.3. The van der Waals surface area contributed by atoms with E-state index in [-0.39, 0.29) is 56.3 Å². The molecule has 2 aromatic heterocycles. The monoisotopic (exact) mass is 937 g/mol. The first-order valence-corrected chi connectivity index (χ1v) is 23.6. The molecule has 4 atom stereocenters. The number of β-amino-alcohol motifs (C(OH)–C–C–N with tert-alkyl or cyclic N) is 1. The Balaban J connectivity index is 0.812. The lowest BCUT2D eigenvalue weighted by Gasteiger charge is -2.35. The maximum atomic E-state index is 14.0. The fraction of sp³-hybridized carbons (Fsp3) is 0.353. The van der Waals surface area contributed by atoms with Crippen molar-refractivity contribution in [1.82, 2.24) is 15.5 Å². The van der Waals surface area contributed by atoms with Crippen molar-refractivity contribution in [2.24, 2.45) is 5.41 Å². The maximum Gasteiger partial charge on any atom is 0.246 e. The number of rotatable bonds is 19. The number of carbonyl (C=O) groups is 3. The van der Waals surface area contributed by atoms with Crippen molar-refractivity contribution in [2.45, 2.75) is 71.7 Å². The van der Waals surface area contributed by atoms with Crippen molar-refractivity contribution >= 4 is 50.5 Å². The number of nitrogens with one attached hydrogen (secondary N) is 2. The van der Waals surface area contributed by atoms with E-state index in [4.69, 9.17) is 18.9 Å². The summed E-state index contributed by atoms with van der Waals surface area (Å²) < 4.78 is 38.0. The van der Waals surface area contributed by atoms with Crippen LogP contribution in [0.4, 0.5) is 4.39 Å². The minimum Gasteiger partial charge on any atom is -0.508 e. The molecule has 7 rings (SSSR count). The van der Waals surface area contributed by atoms with E-state index in [2.05, 4.69) is 29.0 Å². The molecule has 1 aliphatic heterocycles. The normalized spacial score (nSPS) is 16.0. The van der Waals surface area contributed by atoms with Crippen LogP contribution in [-0.2, 0) is 23.9 Å². The van der Waals surface area contributed by atoms with E-state index < -0.39 is 35.4 Å². The molecule has 6 aromatic rings. The molecule has 0 unspecified atom stereocenters. The van der Waals surface area contributed by atoms with Crippen LogP contribution < -0.4 is 20.1 Å². The number of hydrogen-bond acceptors (Lipinski definition) is 11. The highest BCUT2D eigenvalue weighted by Crippen LogP contribution is 2.47. The number of aliphatic hydroxyl groups excluding tert-OH is 1. The number of aromatic hydroxyl groups is 1. The van der Waals surface area contributed by atoms with E-state index in [1.807, 2.05) is 64.1 Å². The molecular formula is C51H56FN3O9S2. The summed E-state index contributed by atoms with van der Waals surface area (Å²) in [5.41, 5.74) is 3.32. The van der Waals surface area contributed by atoms with Gasteiger partial charge in [-0.1, -0.05) is 57.2 Å². The third-order valence-electron chi connectivity index (χ3n) is 11.3. The van der Waals surface area contributed by atoms with Crippen LogP contribution >= 0.6 is 22.7 Å². The number of aliphatic hydroxyl groups is 1. The molecule has 15 heteroatoms. The van der Waals surface area contributed by atoms with Crippen LogP contribution in [0.5, 0.6) is 23.0 Å². The molecule has 12 nitrogen and oxygen atoms in total. The lowest BCUT2D eigenvalue weighted by Crippen LogP contribution is -2.58. The zero-order chi connectivity index (χ0) is 47.0. The molecule has 0 aliphatic carbocycles. The van der Waals surface area contributed by atoms with Crippen molar-refractivity contribution in [3.63, 3.8) is 0 Å². The highest BCUT2D eigenvalue weighted by molar-refractivity contribution is 7.22. The van der Waals surface area contributed by atoms with Gasteiger partial charge in [-0.05, 0) is 108 Å². The Morgan fingerprint density at radius 3 is 2.23 bits per heavy atom. The number of ether oxygens (including phenoxy) is 4. The lowest BCUT2D eigenvalue weighted by atomic mass is 9.85. The van der Waals surface area contributed by atoms with Gasteiger partial charge in [0.1, 0.15) is 41.8 Å². The van der Waals surface area contributed by atoms with Crippen molar-refractivity contribution in [2.75, 3.05) is 39.6 Å². The number of phenolic OH excluding ortho intramolecular Hbond substituents is 1. The molecule has 3 heterocycles. The van der Waals surface area contributed by atoms with Gasteiger partial charge >= 0.3 is 0 Å². The maximum absolute atomic E-state index is 14.0. The second-order valence-corrected chi connectivity index (χ2v) is 19.4. The Labute approximate surface area is 392 Å². The highest BCUT2D eigenvalue weighted by atomic mass is 32.1.